The first-order valence-corrected chi connectivity index (χ1v) is 7.95. The average Bonchev–Trinajstić information content (AvgIpc) is 2.87. The molecule has 1 fully saturated rings. The maximum absolute atomic E-state index is 12.4. The first-order chi connectivity index (χ1) is 10.1. The number of piperidine rings is 1. The molecule has 0 spiro atoms. The van der Waals surface area contributed by atoms with Gasteiger partial charge in [-0.15, -0.1) is 0 Å². The van der Waals surface area contributed by atoms with Crippen LogP contribution in [0.15, 0.2) is 36.5 Å². The standard InChI is InChI=1S/C18H24N2O/c1-14-11-15(2)13-20(12-14)18(21)8-10-19-9-7-16-5-3-4-6-17(16)19/h3-7,9,14-15H,8,10-13H2,1-2H3. The Kier molecular flexibility index (Phi) is 4.00. The van der Waals surface area contributed by atoms with Crippen LogP contribution in [-0.2, 0) is 11.3 Å². The Hall–Kier alpha value is -1.77. The van der Waals surface area contributed by atoms with E-state index in [1.165, 1.54) is 17.3 Å². The predicted molar refractivity (Wildman–Crippen MR) is 86.1 cm³/mol. The number of nitrogens with zero attached hydrogens (tertiary/aromatic N) is 2. The van der Waals surface area contributed by atoms with Crippen molar-refractivity contribution in [2.45, 2.75) is 33.2 Å². The topological polar surface area (TPSA) is 25.2 Å². The highest BCUT2D eigenvalue weighted by atomic mass is 16.2. The zero-order chi connectivity index (χ0) is 14.8. The van der Waals surface area contributed by atoms with E-state index in [0.717, 1.165) is 19.6 Å². The van der Waals surface area contributed by atoms with Gasteiger partial charge in [-0.3, -0.25) is 4.79 Å². The third kappa shape index (κ3) is 3.12. The van der Waals surface area contributed by atoms with Gasteiger partial charge in [0.1, 0.15) is 0 Å². The lowest BCUT2D eigenvalue weighted by atomic mass is 9.92. The molecule has 1 aliphatic heterocycles. The maximum atomic E-state index is 12.4. The zero-order valence-electron chi connectivity index (χ0n) is 13.0. The lowest BCUT2D eigenvalue weighted by molar-refractivity contribution is -0.134. The van der Waals surface area contributed by atoms with Crippen molar-refractivity contribution >= 4 is 16.8 Å². The van der Waals surface area contributed by atoms with Crippen LogP contribution in [0.25, 0.3) is 10.9 Å². The molecular formula is C18H24N2O. The molecule has 2 unspecified atom stereocenters. The van der Waals surface area contributed by atoms with Crippen LogP contribution in [0.5, 0.6) is 0 Å². The third-order valence-electron chi connectivity index (χ3n) is 4.47. The monoisotopic (exact) mass is 284 g/mol. The molecule has 2 heterocycles. The summed E-state index contributed by atoms with van der Waals surface area (Å²) in [4.78, 5) is 14.5. The highest BCUT2D eigenvalue weighted by Gasteiger charge is 2.24. The van der Waals surface area contributed by atoms with Gasteiger partial charge in [-0.1, -0.05) is 32.0 Å². The van der Waals surface area contributed by atoms with Gasteiger partial charge in [0.15, 0.2) is 0 Å². The first-order valence-electron chi connectivity index (χ1n) is 7.95. The Morgan fingerprint density at radius 2 is 1.86 bits per heavy atom. The second-order valence-electron chi connectivity index (χ2n) is 6.56. The van der Waals surface area contributed by atoms with Crippen molar-refractivity contribution in [1.29, 1.82) is 0 Å². The molecule has 3 nitrogen and oxygen atoms in total. The van der Waals surface area contributed by atoms with E-state index < -0.39 is 0 Å². The molecule has 0 saturated carbocycles. The molecule has 0 bridgehead atoms. The molecule has 0 N–H and O–H groups in total. The fourth-order valence-electron chi connectivity index (χ4n) is 3.58. The van der Waals surface area contributed by atoms with Crippen molar-refractivity contribution in [3.8, 4) is 0 Å². The molecule has 1 aromatic heterocycles. The molecule has 0 aliphatic carbocycles. The Morgan fingerprint density at radius 3 is 2.62 bits per heavy atom. The number of rotatable bonds is 3. The van der Waals surface area contributed by atoms with Crippen LogP contribution in [0.4, 0.5) is 0 Å². The van der Waals surface area contributed by atoms with E-state index in [4.69, 9.17) is 0 Å². The lowest BCUT2D eigenvalue weighted by Crippen LogP contribution is -2.42. The van der Waals surface area contributed by atoms with Crippen LogP contribution in [0.2, 0.25) is 0 Å². The number of carbonyl (C=O) groups excluding carboxylic acids is 1. The van der Waals surface area contributed by atoms with E-state index in [9.17, 15) is 4.79 Å². The summed E-state index contributed by atoms with van der Waals surface area (Å²) in [6.45, 7) is 7.11. The third-order valence-corrected chi connectivity index (χ3v) is 4.47. The summed E-state index contributed by atoms with van der Waals surface area (Å²) in [5.41, 5.74) is 1.21. The Bertz CT molecular complexity index is 621. The van der Waals surface area contributed by atoms with Crippen molar-refractivity contribution in [3.63, 3.8) is 0 Å². The van der Waals surface area contributed by atoms with E-state index in [-0.39, 0.29) is 0 Å². The Balaban J connectivity index is 1.63. The molecule has 2 atom stereocenters. The van der Waals surface area contributed by atoms with Gasteiger partial charge in [0.2, 0.25) is 5.91 Å². The lowest BCUT2D eigenvalue weighted by Gasteiger charge is -2.35. The van der Waals surface area contributed by atoms with E-state index in [2.05, 4.69) is 53.8 Å². The minimum atomic E-state index is 0.297. The van der Waals surface area contributed by atoms with Gasteiger partial charge in [-0.25, -0.2) is 0 Å². The summed E-state index contributed by atoms with van der Waals surface area (Å²) in [5.74, 6) is 1.56. The number of fused-ring (bicyclic) bond motifs is 1. The number of amides is 1. The molecule has 1 amide bonds. The fourth-order valence-corrected chi connectivity index (χ4v) is 3.58. The Morgan fingerprint density at radius 1 is 1.14 bits per heavy atom. The molecule has 3 rings (SSSR count). The molecule has 112 valence electrons. The van der Waals surface area contributed by atoms with E-state index >= 15 is 0 Å². The smallest absolute Gasteiger partial charge is 0.224 e. The molecule has 1 aliphatic rings. The largest absolute Gasteiger partial charge is 0.347 e. The van der Waals surface area contributed by atoms with Gasteiger partial charge in [-0.2, -0.15) is 0 Å². The molecule has 3 heteroatoms. The highest BCUT2D eigenvalue weighted by molar-refractivity contribution is 5.80. The fraction of sp³-hybridized carbons (Fsp3) is 0.500. The number of likely N-dealkylation sites (tertiary alicyclic amines) is 1. The molecule has 1 aromatic carbocycles. The average molecular weight is 284 g/mol. The number of carbonyl (C=O) groups is 1. The molecule has 0 radical (unpaired) electrons. The minimum Gasteiger partial charge on any atom is -0.347 e. The van der Waals surface area contributed by atoms with E-state index in [0.29, 0.717) is 24.2 Å². The molecular weight excluding hydrogens is 260 g/mol. The number of aromatic nitrogens is 1. The van der Waals surface area contributed by atoms with Crippen LogP contribution in [-0.4, -0.2) is 28.5 Å². The van der Waals surface area contributed by atoms with Gasteiger partial charge in [-0.05, 0) is 35.8 Å². The normalized spacial score (nSPS) is 22.7. The van der Waals surface area contributed by atoms with Crippen LogP contribution < -0.4 is 0 Å². The Labute approximate surface area is 126 Å². The highest BCUT2D eigenvalue weighted by Crippen LogP contribution is 2.22. The van der Waals surface area contributed by atoms with Crippen molar-refractivity contribution in [1.82, 2.24) is 9.47 Å². The molecule has 2 aromatic rings. The number of hydrogen-bond acceptors (Lipinski definition) is 1. The van der Waals surface area contributed by atoms with Gasteiger partial charge in [0, 0.05) is 37.8 Å². The van der Waals surface area contributed by atoms with Crippen molar-refractivity contribution in [2.75, 3.05) is 13.1 Å². The number of aryl methyl sites for hydroxylation is 1. The predicted octanol–water partition coefficient (Wildman–Crippen LogP) is 3.54. The van der Waals surface area contributed by atoms with Gasteiger partial charge in [0.25, 0.3) is 0 Å². The summed E-state index contributed by atoms with van der Waals surface area (Å²) in [5, 5.41) is 1.24. The van der Waals surface area contributed by atoms with E-state index in [1.54, 1.807) is 0 Å². The zero-order valence-corrected chi connectivity index (χ0v) is 13.0. The van der Waals surface area contributed by atoms with Crippen molar-refractivity contribution < 1.29 is 4.79 Å². The van der Waals surface area contributed by atoms with E-state index in [1.807, 2.05) is 6.07 Å². The summed E-state index contributed by atoms with van der Waals surface area (Å²) >= 11 is 0. The summed E-state index contributed by atoms with van der Waals surface area (Å²) in [7, 11) is 0. The minimum absolute atomic E-state index is 0.297. The number of para-hydroxylation sites is 1. The van der Waals surface area contributed by atoms with Crippen LogP contribution in [0, 0.1) is 11.8 Å². The summed E-state index contributed by atoms with van der Waals surface area (Å²) in [6.07, 6.45) is 3.92. The molecule has 1 saturated heterocycles. The van der Waals surface area contributed by atoms with Gasteiger partial charge < -0.3 is 9.47 Å². The quantitative estimate of drug-likeness (QED) is 0.846. The first kappa shape index (κ1) is 14.2. The van der Waals surface area contributed by atoms with Crippen molar-refractivity contribution in [2.24, 2.45) is 11.8 Å². The van der Waals surface area contributed by atoms with Gasteiger partial charge >= 0.3 is 0 Å². The summed E-state index contributed by atoms with van der Waals surface area (Å²) in [6, 6.07) is 10.4. The SMILES string of the molecule is CC1CC(C)CN(C(=O)CCn2ccc3ccccc32)C1. The number of hydrogen-bond donors (Lipinski definition) is 0. The van der Waals surface area contributed by atoms with Crippen molar-refractivity contribution in [3.05, 3.63) is 36.5 Å². The number of benzene rings is 1. The summed E-state index contributed by atoms with van der Waals surface area (Å²) < 4.78 is 2.18. The van der Waals surface area contributed by atoms with Crippen LogP contribution >= 0.6 is 0 Å². The van der Waals surface area contributed by atoms with Crippen LogP contribution in [0.3, 0.4) is 0 Å². The second-order valence-corrected chi connectivity index (χ2v) is 6.56. The molecule has 21 heavy (non-hydrogen) atoms. The van der Waals surface area contributed by atoms with Gasteiger partial charge in [0.05, 0.1) is 0 Å². The van der Waals surface area contributed by atoms with Crippen LogP contribution in [0.1, 0.15) is 26.7 Å². The second kappa shape index (κ2) is 5.92. The maximum Gasteiger partial charge on any atom is 0.224 e.